The van der Waals surface area contributed by atoms with Crippen LogP contribution in [0.4, 0.5) is 5.69 Å². The highest BCUT2D eigenvalue weighted by atomic mass is 35.5. The fourth-order valence-electron chi connectivity index (χ4n) is 1.88. The third kappa shape index (κ3) is 2.34. The SMILES string of the molecule is CC1(C)CCN(c2cc(Cl)nnc2Cl)C1. The van der Waals surface area contributed by atoms with Crippen molar-refractivity contribution in [2.24, 2.45) is 5.41 Å². The van der Waals surface area contributed by atoms with Gasteiger partial charge in [0.2, 0.25) is 0 Å². The van der Waals surface area contributed by atoms with Crippen molar-refractivity contribution in [3.8, 4) is 0 Å². The maximum Gasteiger partial charge on any atom is 0.175 e. The molecule has 1 aliphatic heterocycles. The van der Waals surface area contributed by atoms with Crippen LogP contribution < -0.4 is 4.90 Å². The number of hydrogen-bond acceptors (Lipinski definition) is 3. The van der Waals surface area contributed by atoms with Gasteiger partial charge in [-0.25, -0.2) is 0 Å². The fraction of sp³-hybridized carbons (Fsp3) is 0.600. The van der Waals surface area contributed by atoms with Gasteiger partial charge in [-0.2, -0.15) is 0 Å². The lowest BCUT2D eigenvalue weighted by atomic mass is 9.93. The molecule has 1 aromatic heterocycles. The van der Waals surface area contributed by atoms with E-state index in [1.54, 1.807) is 6.07 Å². The van der Waals surface area contributed by atoms with Crippen molar-refractivity contribution in [3.05, 3.63) is 16.4 Å². The summed E-state index contributed by atoms with van der Waals surface area (Å²) in [6.07, 6.45) is 1.16. The summed E-state index contributed by atoms with van der Waals surface area (Å²) in [5, 5.41) is 8.33. The topological polar surface area (TPSA) is 29.0 Å². The van der Waals surface area contributed by atoms with Gasteiger partial charge >= 0.3 is 0 Å². The Morgan fingerprint density at radius 3 is 2.67 bits per heavy atom. The third-order valence-electron chi connectivity index (χ3n) is 2.72. The Hall–Kier alpha value is -0.540. The molecule has 1 aromatic rings. The average Bonchev–Trinajstić information content (AvgIpc) is 2.50. The van der Waals surface area contributed by atoms with E-state index in [1.165, 1.54) is 0 Å². The molecule has 3 nitrogen and oxygen atoms in total. The number of aromatic nitrogens is 2. The van der Waals surface area contributed by atoms with Crippen molar-refractivity contribution >= 4 is 28.9 Å². The van der Waals surface area contributed by atoms with Gasteiger partial charge in [0.15, 0.2) is 10.3 Å². The van der Waals surface area contributed by atoms with Crippen LogP contribution in [-0.2, 0) is 0 Å². The summed E-state index contributed by atoms with van der Waals surface area (Å²) in [5.41, 5.74) is 1.22. The fourth-order valence-corrected chi connectivity index (χ4v) is 2.24. The second-order valence-corrected chi connectivity index (χ2v) is 5.42. The van der Waals surface area contributed by atoms with E-state index in [0.29, 0.717) is 15.7 Å². The molecule has 0 amide bonds. The Balaban J connectivity index is 2.27. The molecular weight excluding hydrogens is 233 g/mol. The van der Waals surface area contributed by atoms with E-state index >= 15 is 0 Å². The lowest BCUT2D eigenvalue weighted by Gasteiger charge is -2.21. The van der Waals surface area contributed by atoms with Crippen LogP contribution in [0.25, 0.3) is 0 Å². The summed E-state index contributed by atoms with van der Waals surface area (Å²) in [6, 6.07) is 1.78. The van der Waals surface area contributed by atoms with Gasteiger partial charge in [-0.1, -0.05) is 37.0 Å². The van der Waals surface area contributed by atoms with Crippen LogP contribution in [0.15, 0.2) is 6.07 Å². The predicted octanol–water partition coefficient (Wildman–Crippen LogP) is 3.02. The molecule has 0 spiro atoms. The van der Waals surface area contributed by atoms with Crippen LogP contribution in [0.2, 0.25) is 10.3 Å². The summed E-state index contributed by atoms with van der Waals surface area (Å²) < 4.78 is 0. The summed E-state index contributed by atoms with van der Waals surface area (Å²) in [6.45, 7) is 6.47. The van der Waals surface area contributed by atoms with E-state index in [0.717, 1.165) is 25.2 Å². The number of anilines is 1. The molecule has 0 radical (unpaired) electrons. The van der Waals surface area contributed by atoms with Gasteiger partial charge in [-0.3, -0.25) is 0 Å². The third-order valence-corrected chi connectivity index (χ3v) is 3.17. The smallest absolute Gasteiger partial charge is 0.175 e. The summed E-state index contributed by atoms with van der Waals surface area (Å²) in [7, 11) is 0. The summed E-state index contributed by atoms with van der Waals surface area (Å²) in [5.74, 6) is 0. The molecule has 2 heterocycles. The Morgan fingerprint density at radius 1 is 1.33 bits per heavy atom. The molecule has 82 valence electrons. The second-order valence-electron chi connectivity index (χ2n) is 4.68. The Labute approximate surface area is 99.4 Å². The van der Waals surface area contributed by atoms with Crippen molar-refractivity contribution in [3.63, 3.8) is 0 Å². The van der Waals surface area contributed by atoms with Crippen molar-refractivity contribution in [2.45, 2.75) is 20.3 Å². The lowest BCUT2D eigenvalue weighted by Crippen LogP contribution is -2.23. The Kier molecular flexibility index (Phi) is 2.77. The van der Waals surface area contributed by atoms with Gasteiger partial charge in [-0.15, -0.1) is 10.2 Å². The van der Waals surface area contributed by atoms with Crippen LogP contribution in [-0.4, -0.2) is 23.3 Å². The van der Waals surface area contributed by atoms with Crippen LogP contribution in [0, 0.1) is 5.41 Å². The van der Waals surface area contributed by atoms with Crippen molar-refractivity contribution in [1.82, 2.24) is 10.2 Å². The van der Waals surface area contributed by atoms with Crippen LogP contribution in [0.5, 0.6) is 0 Å². The van der Waals surface area contributed by atoms with Crippen LogP contribution in [0.3, 0.4) is 0 Å². The minimum atomic E-state index is 0.332. The first-order chi connectivity index (χ1) is 6.98. The maximum atomic E-state index is 6.00. The van der Waals surface area contributed by atoms with Crippen molar-refractivity contribution in [2.75, 3.05) is 18.0 Å². The zero-order valence-electron chi connectivity index (χ0n) is 8.80. The minimum absolute atomic E-state index is 0.332. The highest BCUT2D eigenvalue weighted by Gasteiger charge is 2.30. The van der Waals surface area contributed by atoms with E-state index < -0.39 is 0 Å². The number of halogens is 2. The highest BCUT2D eigenvalue weighted by Crippen LogP contribution is 2.35. The lowest BCUT2D eigenvalue weighted by molar-refractivity contribution is 0.418. The molecular formula is C10H13Cl2N3. The maximum absolute atomic E-state index is 6.00. The van der Waals surface area contributed by atoms with E-state index in [9.17, 15) is 0 Å². The molecule has 0 N–H and O–H groups in total. The molecule has 2 rings (SSSR count). The molecule has 0 unspecified atom stereocenters. The van der Waals surface area contributed by atoms with Crippen LogP contribution in [0.1, 0.15) is 20.3 Å². The zero-order valence-corrected chi connectivity index (χ0v) is 10.3. The van der Waals surface area contributed by atoms with E-state index in [1.807, 2.05) is 0 Å². The van der Waals surface area contributed by atoms with Gasteiger partial charge < -0.3 is 4.90 Å². The zero-order chi connectivity index (χ0) is 11.1. The molecule has 1 fully saturated rings. The molecule has 15 heavy (non-hydrogen) atoms. The molecule has 0 bridgehead atoms. The average molecular weight is 246 g/mol. The molecule has 0 atom stereocenters. The van der Waals surface area contributed by atoms with Crippen molar-refractivity contribution in [1.29, 1.82) is 0 Å². The Morgan fingerprint density at radius 2 is 2.07 bits per heavy atom. The first kappa shape index (κ1) is 11.0. The molecule has 1 saturated heterocycles. The van der Waals surface area contributed by atoms with E-state index in [4.69, 9.17) is 23.2 Å². The van der Waals surface area contributed by atoms with Crippen LogP contribution >= 0.6 is 23.2 Å². The van der Waals surface area contributed by atoms with Gasteiger partial charge in [0, 0.05) is 19.2 Å². The quantitative estimate of drug-likeness (QED) is 0.762. The minimum Gasteiger partial charge on any atom is -0.368 e. The molecule has 1 aliphatic rings. The molecule has 0 aromatic carbocycles. The largest absolute Gasteiger partial charge is 0.368 e. The molecule has 0 saturated carbocycles. The highest BCUT2D eigenvalue weighted by molar-refractivity contribution is 6.33. The summed E-state index contributed by atoms with van der Waals surface area (Å²) >= 11 is 11.8. The normalized spacial score (nSPS) is 19.6. The van der Waals surface area contributed by atoms with Gasteiger partial charge in [0.1, 0.15) is 0 Å². The molecule has 0 aliphatic carbocycles. The number of rotatable bonds is 1. The van der Waals surface area contributed by atoms with Gasteiger partial charge in [0.25, 0.3) is 0 Å². The predicted molar refractivity (Wildman–Crippen MR) is 62.7 cm³/mol. The second kappa shape index (κ2) is 3.80. The van der Waals surface area contributed by atoms with E-state index in [-0.39, 0.29) is 0 Å². The monoisotopic (exact) mass is 245 g/mol. The number of nitrogens with zero attached hydrogens (tertiary/aromatic N) is 3. The first-order valence-corrected chi connectivity index (χ1v) is 5.67. The van der Waals surface area contributed by atoms with Gasteiger partial charge in [0.05, 0.1) is 5.69 Å². The Bertz CT molecular complexity index is 379. The van der Waals surface area contributed by atoms with E-state index in [2.05, 4.69) is 28.9 Å². The molecule has 5 heteroatoms. The van der Waals surface area contributed by atoms with Crippen molar-refractivity contribution < 1.29 is 0 Å². The standard InChI is InChI=1S/C10H13Cl2N3/c1-10(2)3-4-15(6-10)7-5-8(11)13-14-9(7)12/h5H,3-4,6H2,1-2H3. The number of hydrogen-bond donors (Lipinski definition) is 0. The first-order valence-electron chi connectivity index (χ1n) is 4.92. The van der Waals surface area contributed by atoms with Gasteiger partial charge in [-0.05, 0) is 11.8 Å². The summed E-state index contributed by atoms with van der Waals surface area (Å²) in [4.78, 5) is 2.21.